The fourth-order valence-electron chi connectivity index (χ4n) is 2.18. The van der Waals surface area contributed by atoms with Gasteiger partial charge >= 0.3 is 5.97 Å². The number of halogens is 1. The normalized spacial score (nSPS) is 11.0. The van der Waals surface area contributed by atoms with Gasteiger partial charge in [-0.2, -0.15) is 0 Å². The first kappa shape index (κ1) is 20.7. The number of esters is 1. The maximum absolute atomic E-state index is 12.2. The number of nitrogens with zero attached hydrogens (tertiary/aromatic N) is 1. The molecule has 0 saturated carbocycles. The minimum absolute atomic E-state index is 0.114. The van der Waals surface area contributed by atoms with Gasteiger partial charge in [-0.25, -0.2) is 13.2 Å². The van der Waals surface area contributed by atoms with Crippen molar-refractivity contribution in [2.24, 2.45) is 0 Å². The van der Waals surface area contributed by atoms with Crippen LogP contribution in [0.5, 0.6) is 5.75 Å². The molecule has 0 amide bonds. The van der Waals surface area contributed by atoms with Crippen molar-refractivity contribution in [3.63, 3.8) is 0 Å². The van der Waals surface area contributed by atoms with Gasteiger partial charge < -0.3 is 9.47 Å². The monoisotopic (exact) mass is 411 g/mol. The van der Waals surface area contributed by atoms with Crippen LogP contribution in [-0.4, -0.2) is 47.2 Å². The number of anilines is 1. The standard InChI is InChI=1S/C18H18ClNO6S/c1-20(27(3,23)24)14-7-4-12(5-8-14)16(21)11-26-18(22)15-10-13(19)6-9-17(15)25-2/h4-10H,11H2,1-3H3. The largest absolute Gasteiger partial charge is 0.496 e. The molecule has 0 radical (unpaired) electrons. The number of hydrogen-bond acceptors (Lipinski definition) is 6. The van der Waals surface area contributed by atoms with Gasteiger partial charge in [-0.05, 0) is 42.5 Å². The summed E-state index contributed by atoms with van der Waals surface area (Å²) < 4.78 is 34.2. The Bertz CT molecular complexity index is 956. The second-order valence-corrected chi connectivity index (χ2v) is 8.07. The van der Waals surface area contributed by atoms with Crippen LogP contribution in [0.25, 0.3) is 0 Å². The molecule has 0 aliphatic heterocycles. The number of benzene rings is 2. The van der Waals surface area contributed by atoms with E-state index in [2.05, 4.69) is 0 Å². The van der Waals surface area contributed by atoms with Gasteiger partial charge in [-0.15, -0.1) is 0 Å². The van der Waals surface area contributed by atoms with E-state index >= 15 is 0 Å². The third-order valence-electron chi connectivity index (χ3n) is 3.77. The van der Waals surface area contributed by atoms with Crippen molar-refractivity contribution < 1.29 is 27.5 Å². The summed E-state index contributed by atoms with van der Waals surface area (Å²) in [5.74, 6) is -0.890. The Morgan fingerprint density at radius 3 is 2.30 bits per heavy atom. The maximum atomic E-state index is 12.2. The van der Waals surface area contributed by atoms with E-state index in [0.717, 1.165) is 10.6 Å². The van der Waals surface area contributed by atoms with E-state index in [1.807, 2.05) is 0 Å². The fraction of sp³-hybridized carbons (Fsp3) is 0.222. The number of hydrogen-bond donors (Lipinski definition) is 0. The van der Waals surface area contributed by atoms with Crippen molar-refractivity contribution in [1.82, 2.24) is 0 Å². The summed E-state index contributed by atoms with van der Waals surface area (Å²) in [6.45, 7) is -0.476. The first-order valence-electron chi connectivity index (χ1n) is 7.71. The van der Waals surface area contributed by atoms with Gasteiger partial charge in [0.2, 0.25) is 10.0 Å². The van der Waals surface area contributed by atoms with Crippen LogP contribution in [-0.2, 0) is 14.8 Å². The molecule has 2 rings (SSSR count). The van der Waals surface area contributed by atoms with E-state index in [1.165, 1.54) is 50.6 Å². The van der Waals surface area contributed by atoms with Crippen LogP contribution in [0, 0.1) is 0 Å². The van der Waals surface area contributed by atoms with Crippen molar-refractivity contribution in [1.29, 1.82) is 0 Å². The zero-order chi connectivity index (χ0) is 20.2. The van der Waals surface area contributed by atoms with Crippen LogP contribution in [0.3, 0.4) is 0 Å². The second-order valence-electron chi connectivity index (χ2n) is 5.62. The molecule has 0 saturated heterocycles. The smallest absolute Gasteiger partial charge is 0.342 e. The van der Waals surface area contributed by atoms with Crippen LogP contribution >= 0.6 is 11.6 Å². The molecule has 144 valence electrons. The zero-order valence-electron chi connectivity index (χ0n) is 14.9. The average Bonchev–Trinajstić information content (AvgIpc) is 2.64. The van der Waals surface area contributed by atoms with Gasteiger partial charge in [0.25, 0.3) is 0 Å². The van der Waals surface area contributed by atoms with E-state index in [0.29, 0.717) is 10.7 Å². The number of Topliss-reactive ketones (excluding diaryl/α,β-unsaturated/α-hetero) is 1. The lowest BCUT2D eigenvalue weighted by Crippen LogP contribution is -2.24. The molecular formula is C18H18ClNO6S. The number of carbonyl (C=O) groups excluding carboxylic acids is 2. The molecular weight excluding hydrogens is 394 g/mol. The van der Waals surface area contributed by atoms with Crippen LogP contribution in [0.15, 0.2) is 42.5 Å². The molecule has 0 unspecified atom stereocenters. The summed E-state index contributed by atoms with van der Waals surface area (Å²) >= 11 is 5.87. The Balaban J connectivity index is 2.06. The molecule has 0 spiro atoms. The minimum Gasteiger partial charge on any atom is -0.496 e. The van der Waals surface area contributed by atoms with Gasteiger partial charge in [0.05, 0.1) is 19.1 Å². The van der Waals surface area contributed by atoms with Gasteiger partial charge in [0, 0.05) is 17.6 Å². The molecule has 9 heteroatoms. The molecule has 0 N–H and O–H groups in total. The van der Waals surface area contributed by atoms with Crippen molar-refractivity contribution >= 4 is 39.1 Å². The van der Waals surface area contributed by atoms with Crippen LogP contribution in [0.4, 0.5) is 5.69 Å². The van der Waals surface area contributed by atoms with E-state index in [4.69, 9.17) is 21.1 Å². The molecule has 2 aromatic rings. The average molecular weight is 412 g/mol. The minimum atomic E-state index is -3.39. The Hall–Kier alpha value is -2.58. The zero-order valence-corrected chi connectivity index (χ0v) is 16.5. The van der Waals surface area contributed by atoms with E-state index in [9.17, 15) is 18.0 Å². The highest BCUT2D eigenvalue weighted by Crippen LogP contribution is 2.23. The quantitative estimate of drug-likeness (QED) is 0.514. The molecule has 0 aromatic heterocycles. The highest BCUT2D eigenvalue weighted by Gasteiger charge is 2.17. The molecule has 0 aliphatic carbocycles. The molecule has 2 aromatic carbocycles. The second kappa shape index (κ2) is 8.41. The molecule has 0 heterocycles. The van der Waals surface area contributed by atoms with Gasteiger partial charge in [-0.3, -0.25) is 9.10 Å². The first-order chi connectivity index (χ1) is 12.6. The van der Waals surface area contributed by atoms with Crippen molar-refractivity contribution in [2.45, 2.75) is 0 Å². The number of rotatable bonds is 7. The summed E-state index contributed by atoms with van der Waals surface area (Å²) in [5, 5.41) is 0.333. The van der Waals surface area contributed by atoms with Crippen molar-refractivity contribution in [2.75, 3.05) is 31.3 Å². The summed E-state index contributed by atoms with van der Waals surface area (Å²) in [7, 11) is -0.583. The molecule has 0 bridgehead atoms. The fourth-order valence-corrected chi connectivity index (χ4v) is 2.86. The van der Waals surface area contributed by atoms with Crippen molar-refractivity contribution in [3.05, 3.63) is 58.6 Å². The number of ether oxygens (including phenoxy) is 2. The van der Waals surface area contributed by atoms with E-state index in [1.54, 1.807) is 6.07 Å². The molecule has 7 nitrogen and oxygen atoms in total. The third-order valence-corrected chi connectivity index (χ3v) is 5.21. The number of methoxy groups -OCH3 is 1. The highest BCUT2D eigenvalue weighted by atomic mass is 35.5. The molecule has 27 heavy (non-hydrogen) atoms. The van der Waals surface area contributed by atoms with Gasteiger partial charge in [-0.1, -0.05) is 11.6 Å². The van der Waals surface area contributed by atoms with E-state index in [-0.39, 0.29) is 16.9 Å². The topological polar surface area (TPSA) is 90.0 Å². The Labute approximate surface area is 162 Å². The Morgan fingerprint density at radius 1 is 1.11 bits per heavy atom. The summed E-state index contributed by atoms with van der Waals surface area (Å²) in [6, 6.07) is 10.4. The lowest BCUT2D eigenvalue weighted by Gasteiger charge is -2.16. The SMILES string of the molecule is COc1ccc(Cl)cc1C(=O)OCC(=O)c1ccc(N(C)S(C)(=O)=O)cc1. The number of ketones is 1. The Morgan fingerprint density at radius 2 is 1.74 bits per heavy atom. The van der Waals surface area contributed by atoms with Crippen LogP contribution in [0.1, 0.15) is 20.7 Å². The van der Waals surface area contributed by atoms with Gasteiger partial charge in [0.15, 0.2) is 12.4 Å². The summed E-state index contributed by atoms with van der Waals surface area (Å²) in [6.07, 6.45) is 1.08. The molecule has 0 aliphatic rings. The molecule has 0 atom stereocenters. The summed E-state index contributed by atoms with van der Waals surface area (Å²) in [4.78, 5) is 24.4. The lowest BCUT2D eigenvalue weighted by atomic mass is 10.1. The third kappa shape index (κ3) is 5.21. The molecule has 0 fully saturated rings. The Kier molecular flexibility index (Phi) is 6.45. The van der Waals surface area contributed by atoms with Gasteiger partial charge in [0.1, 0.15) is 11.3 Å². The summed E-state index contributed by atoms with van der Waals surface area (Å²) in [5.41, 5.74) is 0.809. The number of sulfonamides is 1. The van der Waals surface area contributed by atoms with Crippen LogP contribution in [0.2, 0.25) is 5.02 Å². The number of carbonyl (C=O) groups is 2. The van der Waals surface area contributed by atoms with Crippen molar-refractivity contribution in [3.8, 4) is 5.75 Å². The maximum Gasteiger partial charge on any atom is 0.342 e. The predicted molar refractivity (Wildman–Crippen MR) is 102 cm³/mol. The van der Waals surface area contributed by atoms with E-state index < -0.39 is 28.4 Å². The first-order valence-corrected chi connectivity index (χ1v) is 9.94. The lowest BCUT2D eigenvalue weighted by molar-refractivity contribution is 0.0471. The predicted octanol–water partition coefficient (Wildman–Crippen LogP) is 2.78. The van der Waals surface area contributed by atoms with Crippen LogP contribution < -0.4 is 9.04 Å². The highest BCUT2D eigenvalue weighted by molar-refractivity contribution is 7.92.